The summed E-state index contributed by atoms with van der Waals surface area (Å²) in [6.07, 6.45) is 0.623. The van der Waals surface area contributed by atoms with E-state index in [9.17, 15) is 4.79 Å². The normalized spacial score (nSPS) is 19.0. The molecule has 0 aromatic heterocycles. The quantitative estimate of drug-likeness (QED) is 0.680. The Kier molecular flexibility index (Phi) is 5.03. The molecule has 0 unspecified atom stereocenters. The zero-order valence-corrected chi connectivity index (χ0v) is 10.3. The van der Waals surface area contributed by atoms with Gasteiger partial charge >= 0.3 is 5.97 Å². The van der Waals surface area contributed by atoms with Crippen molar-refractivity contribution in [3.63, 3.8) is 0 Å². The molecule has 0 N–H and O–H groups in total. The fourth-order valence-corrected chi connectivity index (χ4v) is 1.49. The van der Waals surface area contributed by atoms with Gasteiger partial charge in [-0.1, -0.05) is 49.7 Å². The van der Waals surface area contributed by atoms with Gasteiger partial charge < -0.3 is 4.74 Å². The summed E-state index contributed by atoms with van der Waals surface area (Å²) < 4.78 is 4.79. The molecule has 1 aromatic carbocycles. The molecule has 0 aliphatic carbocycles. The van der Waals surface area contributed by atoms with Crippen LogP contribution in [0.4, 0.5) is 0 Å². The maximum absolute atomic E-state index is 10.5. The van der Waals surface area contributed by atoms with Gasteiger partial charge in [-0.2, -0.15) is 0 Å². The average molecular weight is 222 g/mol. The Balaban J connectivity index is 0.000000292. The first-order valence-electron chi connectivity index (χ1n) is 5.77. The van der Waals surface area contributed by atoms with Crippen LogP contribution in [0.5, 0.6) is 0 Å². The number of carbonyl (C=O) groups is 1. The largest absolute Gasteiger partial charge is 0.465 e. The van der Waals surface area contributed by atoms with Crippen molar-refractivity contribution < 1.29 is 11.0 Å². The van der Waals surface area contributed by atoms with E-state index in [-0.39, 0.29) is 7.40 Å². The van der Waals surface area contributed by atoms with E-state index in [4.69, 9.17) is 4.74 Å². The molecule has 2 rings (SSSR count). The lowest BCUT2D eigenvalue weighted by Crippen LogP contribution is -2.07. The number of benzene rings is 1. The van der Waals surface area contributed by atoms with Crippen molar-refractivity contribution in [3.8, 4) is 0 Å². The van der Waals surface area contributed by atoms with Crippen molar-refractivity contribution in [2.75, 3.05) is 6.61 Å². The smallest absolute Gasteiger partial charge is 0.306 e. The fraction of sp³-hybridized carbons (Fsp3) is 0.500. The molecular weight excluding hydrogens is 200 g/mol. The van der Waals surface area contributed by atoms with Crippen LogP contribution in [0.2, 0.25) is 0 Å². The minimum atomic E-state index is -0.0336. The lowest BCUT2D eigenvalue weighted by molar-refractivity contribution is -0.137. The molecule has 0 bridgehead atoms. The van der Waals surface area contributed by atoms with Gasteiger partial charge in [-0.25, -0.2) is 0 Å². The van der Waals surface area contributed by atoms with Gasteiger partial charge in [-0.15, -0.1) is 0 Å². The molecule has 0 radical (unpaired) electrons. The number of cyclic esters (lactones) is 1. The first-order valence-corrected chi connectivity index (χ1v) is 5.77. The van der Waals surface area contributed by atoms with Gasteiger partial charge in [0.25, 0.3) is 0 Å². The molecule has 1 aromatic rings. The van der Waals surface area contributed by atoms with Crippen molar-refractivity contribution in [2.45, 2.75) is 27.2 Å². The second-order valence-electron chi connectivity index (χ2n) is 4.55. The Morgan fingerprint density at radius 3 is 2.19 bits per heavy atom. The summed E-state index contributed by atoms with van der Waals surface area (Å²) in [5.41, 5.74) is 1.32. The second-order valence-corrected chi connectivity index (χ2v) is 4.55. The molecule has 90 valence electrons. The molecular formula is C14H22O2. The van der Waals surface area contributed by atoms with Crippen LogP contribution in [0.25, 0.3) is 0 Å². The summed E-state index contributed by atoms with van der Waals surface area (Å²) in [5.74, 6) is 1.02. The molecule has 1 aliphatic heterocycles. The summed E-state index contributed by atoms with van der Waals surface area (Å²) in [6.45, 7) is 6.95. The fourth-order valence-electron chi connectivity index (χ4n) is 1.49. The van der Waals surface area contributed by atoms with E-state index in [0.717, 1.165) is 0 Å². The summed E-state index contributed by atoms with van der Waals surface area (Å²) >= 11 is 0. The van der Waals surface area contributed by atoms with Gasteiger partial charge in [0, 0.05) is 7.34 Å². The Bertz CT molecular complexity index is 322. The third-order valence-corrected chi connectivity index (χ3v) is 2.77. The molecule has 1 fully saturated rings. The van der Waals surface area contributed by atoms with E-state index in [1.165, 1.54) is 5.56 Å². The zero-order chi connectivity index (χ0) is 12.0. The van der Waals surface area contributed by atoms with Crippen LogP contribution in [0.1, 0.15) is 27.3 Å². The maximum Gasteiger partial charge on any atom is 0.306 e. The number of esters is 1. The summed E-state index contributed by atoms with van der Waals surface area (Å²) in [5, 5.41) is 0. The first kappa shape index (κ1) is 12.8. The summed E-state index contributed by atoms with van der Waals surface area (Å²) in [4.78, 5) is 10.5. The molecule has 0 saturated carbocycles. The lowest BCUT2D eigenvalue weighted by Gasteiger charge is -2.07. The molecule has 0 spiro atoms. The highest BCUT2D eigenvalue weighted by Gasteiger charge is 2.25. The predicted octanol–water partition coefficient (Wildman–Crippen LogP) is 3.45. The number of rotatable bonds is 1. The van der Waals surface area contributed by atoms with Gasteiger partial charge in [-0.3, -0.25) is 4.79 Å². The first-order chi connectivity index (χ1) is 7.59. The van der Waals surface area contributed by atoms with Crippen LogP contribution < -0.4 is 0 Å². The topological polar surface area (TPSA) is 26.3 Å². The van der Waals surface area contributed by atoms with Gasteiger partial charge in [-0.05, 0) is 12.8 Å². The Labute approximate surface area is 99.1 Å². The van der Waals surface area contributed by atoms with Crippen LogP contribution in [0.3, 0.4) is 0 Å². The lowest BCUT2D eigenvalue weighted by atomic mass is 9.95. The molecule has 16 heavy (non-hydrogen) atoms. The Morgan fingerprint density at radius 2 is 1.94 bits per heavy atom. The van der Waals surface area contributed by atoms with Gasteiger partial charge in [0.2, 0.25) is 0 Å². The van der Waals surface area contributed by atoms with Crippen molar-refractivity contribution in [1.29, 1.82) is 0 Å². The van der Waals surface area contributed by atoms with Crippen molar-refractivity contribution in [3.05, 3.63) is 35.9 Å². The molecule has 1 aliphatic rings. The van der Waals surface area contributed by atoms with E-state index in [0.29, 0.717) is 24.9 Å². The van der Waals surface area contributed by atoms with Gasteiger partial charge in [0.05, 0.1) is 13.0 Å². The second kappa shape index (κ2) is 6.31. The van der Waals surface area contributed by atoms with Gasteiger partial charge in [0.15, 0.2) is 0 Å². The Morgan fingerprint density at radius 1 is 1.31 bits per heavy atom. The number of aryl methyl sites for hydroxylation is 1. The highest BCUT2D eigenvalue weighted by Crippen LogP contribution is 2.21. The van der Waals surface area contributed by atoms with E-state index in [2.05, 4.69) is 32.9 Å². The third kappa shape index (κ3) is 4.47. The molecule has 1 heterocycles. The number of hydrogen-bond acceptors (Lipinski definition) is 2. The number of hydrogen-bond donors (Lipinski definition) is 0. The highest BCUT2D eigenvalue weighted by molar-refractivity contribution is 5.71. The van der Waals surface area contributed by atoms with E-state index in [1.54, 1.807) is 0 Å². The number of ether oxygens (including phenoxy) is 1. The average Bonchev–Trinajstić information content (AvgIpc) is 2.67. The Hall–Kier alpha value is -1.31. The zero-order valence-electron chi connectivity index (χ0n) is 10.3. The molecule has 2 nitrogen and oxygen atoms in total. The van der Waals surface area contributed by atoms with Crippen LogP contribution in [0, 0.1) is 18.8 Å². The van der Waals surface area contributed by atoms with E-state index in [1.807, 2.05) is 18.2 Å². The monoisotopic (exact) mass is 222 g/mol. The van der Waals surface area contributed by atoms with Crippen LogP contribution in [0.15, 0.2) is 30.3 Å². The van der Waals surface area contributed by atoms with Crippen molar-refractivity contribution >= 4 is 5.97 Å². The van der Waals surface area contributed by atoms with Gasteiger partial charge in [0.1, 0.15) is 0 Å². The predicted molar refractivity (Wildman–Crippen MR) is 67.2 cm³/mol. The standard InChI is InChI=1S/C7H12O2.C7H8.H2/c1-5(2)6-3-7(8)9-4-6;1-7-5-3-2-4-6-7;/h5-6H,3-4H2,1-2H3;2-6H,1H3;1H/t6-;;/m1../s1. The highest BCUT2D eigenvalue weighted by atomic mass is 16.5. The summed E-state index contributed by atoms with van der Waals surface area (Å²) in [6, 6.07) is 10.3. The van der Waals surface area contributed by atoms with Crippen molar-refractivity contribution in [1.82, 2.24) is 0 Å². The minimum absolute atomic E-state index is 0. The number of carbonyl (C=O) groups excluding carboxylic acids is 1. The van der Waals surface area contributed by atoms with E-state index < -0.39 is 0 Å². The molecule has 1 saturated heterocycles. The summed E-state index contributed by atoms with van der Waals surface area (Å²) in [7, 11) is 0. The van der Waals surface area contributed by atoms with Crippen LogP contribution >= 0.6 is 0 Å². The molecule has 1 atom stereocenters. The molecule has 0 amide bonds. The van der Waals surface area contributed by atoms with Crippen LogP contribution in [-0.4, -0.2) is 12.6 Å². The van der Waals surface area contributed by atoms with Crippen LogP contribution in [-0.2, 0) is 9.53 Å². The molecule has 2 heteroatoms. The van der Waals surface area contributed by atoms with Crippen molar-refractivity contribution in [2.24, 2.45) is 11.8 Å². The maximum atomic E-state index is 10.5. The SMILES string of the molecule is CC(C)[C@H]1COC(=O)C1.Cc1ccccc1.[HH]. The van der Waals surface area contributed by atoms with E-state index >= 15 is 0 Å². The minimum Gasteiger partial charge on any atom is -0.465 e. The third-order valence-electron chi connectivity index (χ3n) is 2.77.